The van der Waals surface area contributed by atoms with E-state index in [0.29, 0.717) is 19.4 Å². The van der Waals surface area contributed by atoms with Crippen LogP contribution < -0.4 is 5.73 Å². The lowest BCUT2D eigenvalue weighted by atomic mass is 9.86. The molecule has 1 aliphatic rings. The monoisotopic (exact) mass is 398 g/mol. The number of carbonyl (C=O) groups is 1. The minimum atomic E-state index is -0.820. The molecule has 1 aliphatic heterocycles. The lowest BCUT2D eigenvalue weighted by Crippen LogP contribution is -2.37. The molecule has 0 aliphatic carbocycles. The third-order valence-corrected chi connectivity index (χ3v) is 5.02. The van der Waals surface area contributed by atoms with Crippen LogP contribution in [0.1, 0.15) is 56.9 Å². The lowest BCUT2D eigenvalue weighted by molar-refractivity contribution is -0.148. The van der Waals surface area contributed by atoms with Crippen LogP contribution in [-0.4, -0.2) is 34.0 Å². The number of aromatic nitrogens is 1. The summed E-state index contributed by atoms with van der Waals surface area (Å²) < 4.78 is 5.94. The summed E-state index contributed by atoms with van der Waals surface area (Å²) in [5, 5.41) is 18.6. The Balaban J connectivity index is 0.000000542. The fourth-order valence-electron chi connectivity index (χ4n) is 3.49. The van der Waals surface area contributed by atoms with E-state index in [9.17, 15) is 9.90 Å². The maximum Gasteiger partial charge on any atom is 0.306 e. The quantitative estimate of drug-likeness (QED) is 0.576. The van der Waals surface area contributed by atoms with Gasteiger partial charge in [-0.3, -0.25) is 4.79 Å². The summed E-state index contributed by atoms with van der Waals surface area (Å²) in [5.74, 6) is -0.820. The molecule has 1 aromatic heterocycles. The number of nitrogens with one attached hydrogen (secondary N) is 1. The van der Waals surface area contributed by atoms with E-state index >= 15 is 0 Å². The summed E-state index contributed by atoms with van der Waals surface area (Å²) in [7, 11) is 0. The van der Waals surface area contributed by atoms with Gasteiger partial charge in [-0.25, -0.2) is 0 Å². The smallest absolute Gasteiger partial charge is 0.306 e. The molecule has 0 amide bonds. The second-order valence-corrected chi connectivity index (χ2v) is 6.66. The zero-order valence-corrected chi connectivity index (χ0v) is 17.1. The first-order valence-corrected chi connectivity index (χ1v) is 9.30. The van der Waals surface area contributed by atoms with E-state index in [0.717, 1.165) is 24.1 Å². The third kappa shape index (κ3) is 5.02. The average molecular weight is 399 g/mol. The molecule has 7 heteroatoms. The van der Waals surface area contributed by atoms with Crippen LogP contribution in [0.5, 0.6) is 0 Å². The Morgan fingerprint density at radius 3 is 2.56 bits per heavy atom. The predicted octanol–water partition coefficient (Wildman–Crippen LogP) is 3.48. The van der Waals surface area contributed by atoms with Crippen molar-refractivity contribution in [1.82, 2.24) is 4.98 Å². The highest BCUT2D eigenvalue weighted by molar-refractivity contribution is 5.88. The van der Waals surface area contributed by atoms with Crippen LogP contribution in [0, 0.1) is 0 Å². The van der Waals surface area contributed by atoms with E-state index in [1.165, 1.54) is 16.5 Å². The van der Waals surface area contributed by atoms with Crippen LogP contribution in [0.3, 0.4) is 0 Å². The van der Waals surface area contributed by atoms with E-state index in [1.807, 2.05) is 13.8 Å². The lowest BCUT2D eigenvalue weighted by Gasteiger charge is -2.35. The Morgan fingerprint density at radius 2 is 2.04 bits per heavy atom. The van der Waals surface area contributed by atoms with Crippen molar-refractivity contribution >= 4 is 29.3 Å². The fraction of sp³-hybridized carbons (Fsp3) is 0.550. The molecular weight excluding hydrogens is 368 g/mol. The van der Waals surface area contributed by atoms with Gasteiger partial charge in [0.25, 0.3) is 0 Å². The number of nitrogens with two attached hydrogens (primary N) is 1. The molecule has 3 rings (SSSR count). The highest BCUT2D eigenvalue weighted by Gasteiger charge is 2.40. The Morgan fingerprint density at radius 1 is 1.37 bits per heavy atom. The number of hydrogen-bond acceptors (Lipinski definition) is 4. The van der Waals surface area contributed by atoms with Gasteiger partial charge in [0.1, 0.15) is 11.8 Å². The average Bonchev–Trinajstić information content (AvgIpc) is 3.02. The normalized spacial score (nSPS) is 19.4. The van der Waals surface area contributed by atoms with Crippen molar-refractivity contribution in [2.45, 2.75) is 64.7 Å². The number of carboxylic acids is 1. The molecule has 0 saturated carbocycles. The van der Waals surface area contributed by atoms with Crippen LogP contribution in [0.2, 0.25) is 0 Å². The third-order valence-electron chi connectivity index (χ3n) is 5.02. The van der Waals surface area contributed by atoms with Gasteiger partial charge in [0.2, 0.25) is 0 Å². The second-order valence-electron chi connectivity index (χ2n) is 6.66. The van der Waals surface area contributed by atoms with Crippen LogP contribution in [-0.2, 0) is 28.0 Å². The van der Waals surface area contributed by atoms with E-state index in [4.69, 9.17) is 15.6 Å². The van der Waals surface area contributed by atoms with Gasteiger partial charge in [0.05, 0.1) is 18.7 Å². The molecule has 0 saturated heterocycles. The molecule has 2 unspecified atom stereocenters. The number of aliphatic hydroxyl groups excluding tert-OH is 1. The molecular formula is C20H31ClN2O4. The highest BCUT2D eigenvalue weighted by atomic mass is 35.5. The topological polar surface area (TPSA) is 109 Å². The van der Waals surface area contributed by atoms with Gasteiger partial charge in [-0.15, -0.1) is 12.4 Å². The Kier molecular flexibility index (Phi) is 8.75. The summed E-state index contributed by atoms with van der Waals surface area (Å²) >= 11 is 0. The van der Waals surface area contributed by atoms with Gasteiger partial charge >= 0.3 is 5.97 Å². The summed E-state index contributed by atoms with van der Waals surface area (Å²) in [5.41, 5.74) is 8.73. The van der Waals surface area contributed by atoms with Gasteiger partial charge in [-0.1, -0.05) is 39.0 Å². The number of hydrogen-bond donors (Lipinski definition) is 4. The number of aryl methyl sites for hydroxylation is 1. The zero-order chi connectivity index (χ0) is 19.3. The highest BCUT2D eigenvalue weighted by Crippen LogP contribution is 2.42. The van der Waals surface area contributed by atoms with Crippen molar-refractivity contribution < 1.29 is 19.7 Å². The summed E-state index contributed by atoms with van der Waals surface area (Å²) in [6.45, 7) is 6.53. The standard InChI is InChI=1S/C17H21NO3.C3H9NO.ClH/c1-3-11-6-5-7-12-13-8-9-21-17(4-2,10-14(19)20)16(13)18-15(11)12;1-2-3(4)5;/h5-7,18H,3-4,8-10H2,1-2H3,(H,19,20);3,5H,2,4H2,1H3;1H. The van der Waals surface area contributed by atoms with Gasteiger partial charge in [0.15, 0.2) is 0 Å². The summed E-state index contributed by atoms with van der Waals surface area (Å²) in [4.78, 5) is 14.8. The second kappa shape index (κ2) is 10.1. The molecule has 1 aromatic carbocycles. The number of ether oxygens (including phenoxy) is 1. The minimum Gasteiger partial charge on any atom is -0.481 e. The van der Waals surface area contributed by atoms with Crippen molar-refractivity contribution in [2.75, 3.05) is 6.61 Å². The first kappa shape index (κ1) is 23.4. The predicted molar refractivity (Wildman–Crippen MR) is 109 cm³/mol. The summed E-state index contributed by atoms with van der Waals surface area (Å²) in [6, 6.07) is 6.32. The van der Waals surface area contributed by atoms with Crippen LogP contribution in [0.15, 0.2) is 18.2 Å². The molecule has 5 N–H and O–H groups in total. The number of aliphatic hydroxyl groups is 1. The molecule has 2 heterocycles. The number of halogens is 1. The first-order chi connectivity index (χ1) is 12.4. The molecule has 6 nitrogen and oxygen atoms in total. The molecule has 0 spiro atoms. The molecule has 0 radical (unpaired) electrons. The van der Waals surface area contributed by atoms with Gasteiger partial charge in [0, 0.05) is 10.9 Å². The Labute approximate surface area is 166 Å². The number of aliphatic carboxylic acids is 1. The number of benzene rings is 1. The van der Waals surface area contributed by atoms with Crippen LogP contribution >= 0.6 is 12.4 Å². The van der Waals surface area contributed by atoms with Gasteiger partial charge in [-0.2, -0.15) is 0 Å². The van der Waals surface area contributed by atoms with E-state index in [2.05, 4.69) is 30.1 Å². The van der Waals surface area contributed by atoms with Crippen molar-refractivity contribution in [3.05, 3.63) is 35.0 Å². The number of rotatable bonds is 5. The number of para-hydroxylation sites is 1. The Hall–Kier alpha value is -1.60. The maximum absolute atomic E-state index is 11.3. The van der Waals surface area contributed by atoms with Crippen LogP contribution in [0.4, 0.5) is 0 Å². The summed E-state index contributed by atoms with van der Waals surface area (Å²) in [6.07, 6.45) is 2.47. The maximum atomic E-state index is 11.3. The molecule has 2 aromatic rings. The zero-order valence-electron chi connectivity index (χ0n) is 16.2. The van der Waals surface area contributed by atoms with Gasteiger partial charge in [-0.05, 0) is 36.8 Å². The molecule has 27 heavy (non-hydrogen) atoms. The molecule has 0 bridgehead atoms. The molecule has 152 valence electrons. The number of aromatic amines is 1. The molecule has 0 fully saturated rings. The van der Waals surface area contributed by atoms with Gasteiger partial charge < -0.3 is 25.7 Å². The van der Waals surface area contributed by atoms with Crippen molar-refractivity contribution in [1.29, 1.82) is 0 Å². The minimum absolute atomic E-state index is 0. The van der Waals surface area contributed by atoms with E-state index in [1.54, 1.807) is 0 Å². The number of carboxylic acid groups (broad SMARTS) is 1. The fourth-order valence-corrected chi connectivity index (χ4v) is 3.49. The number of H-pyrrole nitrogens is 1. The SMILES string of the molecule is CCC(N)O.CCc1cccc2c3c([nH]c12)C(CC)(CC(=O)O)OCC3.Cl. The van der Waals surface area contributed by atoms with Crippen molar-refractivity contribution in [3.63, 3.8) is 0 Å². The first-order valence-electron chi connectivity index (χ1n) is 9.30. The van der Waals surface area contributed by atoms with E-state index < -0.39 is 17.8 Å². The number of fused-ring (bicyclic) bond motifs is 3. The van der Waals surface area contributed by atoms with Crippen molar-refractivity contribution in [3.8, 4) is 0 Å². The van der Waals surface area contributed by atoms with Crippen LogP contribution in [0.25, 0.3) is 10.9 Å². The van der Waals surface area contributed by atoms with Crippen molar-refractivity contribution in [2.24, 2.45) is 5.73 Å². The Bertz CT molecular complexity index is 760. The molecule has 2 atom stereocenters. The largest absolute Gasteiger partial charge is 0.481 e. The van der Waals surface area contributed by atoms with E-state index in [-0.39, 0.29) is 18.8 Å².